The van der Waals surface area contributed by atoms with Crippen LogP contribution < -0.4 is 0 Å². The van der Waals surface area contributed by atoms with Crippen LogP contribution in [0.3, 0.4) is 0 Å². The van der Waals surface area contributed by atoms with E-state index in [0.29, 0.717) is 38.9 Å². The molecule has 1 rings (SSSR count). The van der Waals surface area contributed by atoms with Crippen LogP contribution in [0.25, 0.3) is 0 Å². The molecule has 1 aromatic rings. The Bertz CT molecular complexity index is 361. The summed E-state index contributed by atoms with van der Waals surface area (Å²) in [7, 11) is 1.65. The van der Waals surface area contributed by atoms with E-state index >= 15 is 0 Å². The van der Waals surface area contributed by atoms with Gasteiger partial charge >= 0.3 is 0 Å². The Kier molecular flexibility index (Phi) is 10.1. The normalized spacial score (nSPS) is 12.6. The SMILES string of the molecule is COCCOCCOCCC(CCl)c1cccc(Cl)c1. The molecule has 0 aliphatic carbocycles. The maximum absolute atomic E-state index is 6.01. The molecule has 1 atom stereocenters. The Morgan fingerprint density at radius 2 is 1.75 bits per heavy atom. The first-order chi connectivity index (χ1) is 9.77. The molecule has 0 aliphatic heterocycles. The first-order valence-corrected chi connectivity index (χ1v) is 7.65. The molecule has 0 N–H and O–H groups in total. The lowest BCUT2D eigenvalue weighted by Gasteiger charge is -2.14. The number of halogens is 2. The van der Waals surface area contributed by atoms with E-state index in [4.69, 9.17) is 37.4 Å². The lowest BCUT2D eigenvalue weighted by atomic mass is 9.98. The number of alkyl halides is 1. The molecule has 0 heterocycles. The third-order valence-electron chi connectivity index (χ3n) is 2.92. The number of methoxy groups -OCH3 is 1. The summed E-state index contributed by atoms with van der Waals surface area (Å²) in [6.45, 7) is 3.06. The van der Waals surface area contributed by atoms with Gasteiger partial charge in [-0.3, -0.25) is 0 Å². The van der Waals surface area contributed by atoms with E-state index in [1.54, 1.807) is 7.11 Å². The van der Waals surface area contributed by atoms with Crippen molar-refractivity contribution in [2.45, 2.75) is 12.3 Å². The molecule has 0 aliphatic rings. The van der Waals surface area contributed by atoms with Crippen molar-refractivity contribution in [3.8, 4) is 0 Å². The van der Waals surface area contributed by atoms with E-state index in [0.717, 1.165) is 17.0 Å². The van der Waals surface area contributed by atoms with Crippen molar-refractivity contribution >= 4 is 23.2 Å². The largest absolute Gasteiger partial charge is 0.382 e. The van der Waals surface area contributed by atoms with E-state index in [1.165, 1.54) is 0 Å². The number of ether oxygens (including phenoxy) is 3. The van der Waals surface area contributed by atoms with E-state index in [9.17, 15) is 0 Å². The molecule has 0 radical (unpaired) electrons. The molecular weight excluding hydrogens is 299 g/mol. The maximum atomic E-state index is 6.01. The maximum Gasteiger partial charge on any atom is 0.0701 e. The molecule has 1 unspecified atom stereocenters. The van der Waals surface area contributed by atoms with Gasteiger partial charge in [-0.1, -0.05) is 23.7 Å². The minimum atomic E-state index is 0.268. The van der Waals surface area contributed by atoms with Gasteiger partial charge in [0.1, 0.15) is 0 Å². The second-order valence-corrected chi connectivity index (χ2v) is 5.16. The quantitative estimate of drug-likeness (QED) is 0.459. The topological polar surface area (TPSA) is 27.7 Å². The highest BCUT2D eigenvalue weighted by molar-refractivity contribution is 6.30. The second kappa shape index (κ2) is 11.4. The second-order valence-electron chi connectivity index (χ2n) is 4.41. The highest BCUT2D eigenvalue weighted by atomic mass is 35.5. The van der Waals surface area contributed by atoms with E-state index in [2.05, 4.69) is 0 Å². The minimum absolute atomic E-state index is 0.268. The molecule has 0 amide bonds. The molecule has 5 heteroatoms. The van der Waals surface area contributed by atoms with Gasteiger partial charge in [0.15, 0.2) is 0 Å². The van der Waals surface area contributed by atoms with E-state index < -0.39 is 0 Å². The summed E-state index contributed by atoms with van der Waals surface area (Å²) in [5.41, 5.74) is 1.16. The molecule has 114 valence electrons. The Morgan fingerprint density at radius 1 is 1.05 bits per heavy atom. The lowest BCUT2D eigenvalue weighted by molar-refractivity contribution is 0.0235. The van der Waals surface area contributed by atoms with E-state index in [-0.39, 0.29) is 5.92 Å². The molecule has 0 spiro atoms. The number of rotatable bonds is 11. The molecular formula is C15H22Cl2O3. The van der Waals surface area contributed by atoms with Gasteiger partial charge in [-0.05, 0) is 30.0 Å². The molecule has 0 saturated heterocycles. The van der Waals surface area contributed by atoms with Crippen molar-refractivity contribution in [2.24, 2.45) is 0 Å². The number of benzene rings is 1. The fraction of sp³-hybridized carbons (Fsp3) is 0.600. The Hall–Kier alpha value is -0.320. The van der Waals surface area contributed by atoms with Crippen molar-refractivity contribution < 1.29 is 14.2 Å². The zero-order chi connectivity index (χ0) is 14.6. The van der Waals surface area contributed by atoms with Crippen molar-refractivity contribution in [1.29, 1.82) is 0 Å². The van der Waals surface area contributed by atoms with Crippen molar-refractivity contribution in [3.05, 3.63) is 34.9 Å². The molecule has 0 fully saturated rings. The van der Waals surface area contributed by atoms with E-state index in [1.807, 2.05) is 24.3 Å². The molecule has 0 saturated carbocycles. The van der Waals surface area contributed by atoms with Gasteiger partial charge in [0.2, 0.25) is 0 Å². The highest BCUT2D eigenvalue weighted by Crippen LogP contribution is 2.23. The van der Waals surface area contributed by atoms with Gasteiger partial charge in [0.25, 0.3) is 0 Å². The number of hydrogen-bond donors (Lipinski definition) is 0. The van der Waals surface area contributed by atoms with Crippen molar-refractivity contribution in [1.82, 2.24) is 0 Å². The summed E-state index contributed by atoms with van der Waals surface area (Å²) in [6.07, 6.45) is 0.877. The summed E-state index contributed by atoms with van der Waals surface area (Å²) < 4.78 is 15.7. The Morgan fingerprint density at radius 3 is 2.40 bits per heavy atom. The summed E-state index contributed by atoms with van der Waals surface area (Å²) in [6, 6.07) is 7.82. The fourth-order valence-electron chi connectivity index (χ4n) is 1.78. The first-order valence-electron chi connectivity index (χ1n) is 6.73. The average Bonchev–Trinajstić information content (AvgIpc) is 2.46. The third kappa shape index (κ3) is 7.46. The zero-order valence-electron chi connectivity index (χ0n) is 11.8. The van der Waals surface area contributed by atoms with Gasteiger partial charge in [-0.2, -0.15) is 0 Å². The van der Waals surface area contributed by atoms with Gasteiger partial charge < -0.3 is 14.2 Å². The van der Waals surface area contributed by atoms with Crippen LogP contribution in [0.15, 0.2) is 24.3 Å². The minimum Gasteiger partial charge on any atom is -0.382 e. The van der Waals surface area contributed by atoms with Crippen LogP contribution >= 0.6 is 23.2 Å². The summed E-state index contributed by atoms with van der Waals surface area (Å²) >= 11 is 12.0. The van der Waals surface area contributed by atoms with Crippen LogP contribution in [0.5, 0.6) is 0 Å². The Labute approximate surface area is 131 Å². The molecule has 0 bridgehead atoms. The number of hydrogen-bond acceptors (Lipinski definition) is 3. The molecule has 0 aromatic heterocycles. The standard InChI is InChI=1S/C15H22Cl2O3/c1-18-7-8-20-10-9-19-6-5-14(12-16)13-3-2-4-15(17)11-13/h2-4,11,14H,5-10,12H2,1H3. The van der Waals surface area contributed by atoms with Gasteiger partial charge in [-0.15, -0.1) is 11.6 Å². The predicted molar refractivity (Wildman–Crippen MR) is 83.0 cm³/mol. The molecule has 20 heavy (non-hydrogen) atoms. The smallest absolute Gasteiger partial charge is 0.0701 e. The van der Waals surface area contributed by atoms with Crippen LogP contribution in [0.1, 0.15) is 17.9 Å². The predicted octanol–water partition coefficient (Wildman–Crippen LogP) is 3.73. The summed E-state index contributed by atoms with van der Waals surface area (Å²) in [5.74, 6) is 0.832. The van der Waals surface area contributed by atoms with Crippen LogP contribution in [-0.2, 0) is 14.2 Å². The summed E-state index contributed by atoms with van der Waals surface area (Å²) in [5, 5.41) is 0.741. The van der Waals surface area contributed by atoms with Crippen LogP contribution in [-0.4, -0.2) is 46.0 Å². The monoisotopic (exact) mass is 320 g/mol. The van der Waals surface area contributed by atoms with Crippen molar-refractivity contribution in [3.63, 3.8) is 0 Å². The van der Waals surface area contributed by atoms with Gasteiger partial charge in [0.05, 0.1) is 26.4 Å². The first kappa shape index (κ1) is 17.7. The summed E-state index contributed by atoms with van der Waals surface area (Å²) in [4.78, 5) is 0. The lowest BCUT2D eigenvalue weighted by Crippen LogP contribution is -2.11. The van der Waals surface area contributed by atoms with Crippen LogP contribution in [0, 0.1) is 0 Å². The molecule has 3 nitrogen and oxygen atoms in total. The van der Waals surface area contributed by atoms with Gasteiger partial charge in [-0.25, -0.2) is 0 Å². The average molecular weight is 321 g/mol. The fourth-order valence-corrected chi connectivity index (χ4v) is 2.31. The molecule has 1 aromatic carbocycles. The van der Waals surface area contributed by atoms with Crippen LogP contribution in [0.2, 0.25) is 5.02 Å². The third-order valence-corrected chi connectivity index (χ3v) is 3.53. The van der Waals surface area contributed by atoms with Crippen molar-refractivity contribution in [2.75, 3.05) is 46.0 Å². The van der Waals surface area contributed by atoms with Gasteiger partial charge in [0, 0.05) is 24.6 Å². The van der Waals surface area contributed by atoms with Crippen LogP contribution in [0.4, 0.5) is 0 Å². The Balaban J connectivity index is 2.16. The highest BCUT2D eigenvalue weighted by Gasteiger charge is 2.10. The zero-order valence-corrected chi connectivity index (χ0v) is 13.3.